The maximum absolute atomic E-state index is 12.7. The van der Waals surface area contributed by atoms with Crippen LogP contribution in [0.4, 0.5) is 5.82 Å². The van der Waals surface area contributed by atoms with E-state index in [1.165, 1.54) is 35.0 Å². The zero-order valence-corrected chi connectivity index (χ0v) is 15.6. The topological polar surface area (TPSA) is 98.5 Å². The molecular weight excluding hydrogens is 386 g/mol. The molecule has 0 saturated carbocycles. The molecule has 4 aromatic rings. The van der Waals surface area contributed by atoms with Crippen LogP contribution in [0.25, 0.3) is 16.4 Å². The third kappa shape index (κ3) is 3.55. The molecule has 3 aromatic heterocycles. The third-order valence-corrected chi connectivity index (χ3v) is 5.17. The summed E-state index contributed by atoms with van der Waals surface area (Å²) < 4.78 is 1.48. The number of hydrogen-bond donors (Lipinski definition) is 1. The van der Waals surface area contributed by atoms with Crippen molar-refractivity contribution in [1.29, 1.82) is 0 Å². The number of nitrogens with zero attached hydrogens (tertiary/aromatic N) is 6. The second kappa shape index (κ2) is 7.22. The number of carbonyl (C=O) groups excluding carboxylic acids is 1. The maximum Gasteiger partial charge on any atom is 0.268 e. The Kier molecular flexibility index (Phi) is 4.61. The van der Waals surface area contributed by atoms with E-state index in [1.54, 1.807) is 19.1 Å². The zero-order chi connectivity index (χ0) is 18.8. The molecule has 0 spiro atoms. The number of aryl methyl sites for hydroxylation is 1. The Balaban J connectivity index is 1.59. The molecule has 0 unspecified atom stereocenters. The molecule has 8 nitrogen and oxygen atoms in total. The van der Waals surface area contributed by atoms with E-state index in [4.69, 9.17) is 11.6 Å². The van der Waals surface area contributed by atoms with Gasteiger partial charge < -0.3 is 5.32 Å². The maximum atomic E-state index is 12.7. The molecule has 0 aliphatic rings. The second-order valence-electron chi connectivity index (χ2n) is 5.47. The number of nitrogens with one attached hydrogen (secondary N) is 1. The van der Waals surface area contributed by atoms with Crippen molar-refractivity contribution < 1.29 is 4.79 Å². The van der Waals surface area contributed by atoms with Gasteiger partial charge in [0.1, 0.15) is 34.7 Å². The van der Waals surface area contributed by atoms with E-state index in [0.29, 0.717) is 32.2 Å². The number of amides is 1. The predicted molar refractivity (Wildman–Crippen MR) is 102 cm³/mol. The van der Waals surface area contributed by atoms with Crippen LogP contribution in [0.5, 0.6) is 0 Å². The minimum absolute atomic E-state index is 0.299. The fraction of sp³-hybridized carbons (Fsp3) is 0.0588. The molecule has 0 fully saturated rings. The lowest BCUT2D eigenvalue weighted by Gasteiger charge is -2.05. The lowest BCUT2D eigenvalue weighted by atomic mass is 10.2. The van der Waals surface area contributed by atoms with Crippen molar-refractivity contribution >= 4 is 34.7 Å². The van der Waals surface area contributed by atoms with Gasteiger partial charge in [-0.15, -0.1) is 11.3 Å². The first-order valence-electron chi connectivity index (χ1n) is 7.82. The van der Waals surface area contributed by atoms with Crippen LogP contribution in [0.1, 0.15) is 15.4 Å². The Bertz CT molecular complexity index is 1110. The summed E-state index contributed by atoms with van der Waals surface area (Å²) in [5.41, 5.74) is 1.42. The Morgan fingerprint density at radius 1 is 1.22 bits per heavy atom. The van der Waals surface area contributed by atoms with Gasteiger partial charge in [0.05, 0.1) is 10.7 Å². The standard InChI is InChI=1S/C17H12ClN7OS/c1-10-15(27-17(23-10)11-4-2-3-5-12(11)18)16(26)24-13-6-14(21-8-20-13)25-9-19-7-22-25/h2-9H,1H3,(H,20,21,24,26). The average molecular weight is 398 g/mol. The van der Waals surface area contributed by atoms with Crippen LogP contribution in [0.15, 0.2) is 49.3 Å². The monoisotopic (exact) mass is 397 g/mol. The molecule has 3 heterocycles. The molecular formula is C17H12ClN7OS. The van der Waals surface area contributed by atoms with Crippen molar-refractivity contribution in [2.75, 3.05) is 5.32 Å². The van der Waals surface area contributed by atoms with E-state index < -0.39 is 0 Å². The van der Waals surface area contributed by atoms with Crippen LogP contribution < -0.4 is 5.32 Å². The molecule has 1 N–H and O–H groups in total. The highest BCUT2D eigenvalue weighted by molar-refractivity contribution is 7.17. The Hall–Kier alpha value is -3.17. The van der Waals surface area contributed by atoms with Gasteiger partial charge in [0, 0.05) is 11.6 Å². The van der Waals surface area contributed by atoms with Crippen molar-refractivity contribution in [3.63, 3.8) is 0 Å². The van der Waals surface area contributed by atoms with E-state index in [9.17, 15) is 4.79 Å². The quantitative estimate of drug-likeness (QED) is 0.566. The van der Waals surface area contributed by atoms with Gasteiger partial charge in [-0.2, -0.15) is 5.10 Å². The highest BCUT2D eigenvalue weighted by Gasteiger charge is 2.18. The number of halogens is 1. The van der Waals surface area contributed by atoms with Crippen LogP contribution in [0.2, 0.25) is 5.02 Å². The first-order valence-corrected chi connectivity index (χ1v) is 9.02. The first-order chi connectivity index (χ1) is 13.1. The van der Waals surface area contributed by atoms with Gasteiger partial charge >= 0.3 is 0 Å². The highest BCUT2D eigenvalue weighted by Crippen LogP contribution is 2.33. The Morgan fingerprint density at radius 3 is 2.85 bits per heavy atom. The zero-order valence-electron chi connectivity index (χ0n) is 14.0. The van der Waals surface area contributed by atoms with Gasteiger partial charge in [-0.3, -0.25) is 4.79 Å². The van der Waals surface area contributed by atoms with Crippen molar-refractivity contribution in [2.45, 2.75) is 6.92 Å². The van der Waals surface area contributed by atoms with Gasteiger partial charge in [0.25, 0.3) is 5.91 Å². The SMILES string of the molecule is Cc1nc(-c2ccccc2Cl)sc1C(=O)Nc1cc(-n2cncn2)ncn1. The van der Waals surface area contributed by atoms with Gasteiger partial charge in [-0.1, -0.05) is 29.8 Å². The van der Waals surface area contributed by atoms with Crippen molar-refractivity contribution in [2.24, 2.45) is 0 Å². The number of aromatic nitrogens is 6. The smallest absolute Gasteiger partial charge is 0.268 e. The minimum atomic E-state index is -0.299. The summed E-state index contributed by atoms with van der Waals surface area (Å²) >= 11 is 7.51. The lowest BCUT2D eigenvalue weighted by Crippen LogP contribution is -2.13. The summed E-state index contributed by atoms with van der Waals surface area (Å²) in [7, 11) is 0. The number of hydrogen-bond acceptors (Lipinski definition) is 7. The summed E-state index contributed by atoms with van der Waals surface area (Å²) in [6, 6.07) is 9.00. The van der Waals surface area contributed by atoms with Gasteiger partial charge in [-0.05, 0) is 13.0 Å². The number of benzene rings is 1. The van der Waals surface area contributed by atoms with E-state index >= 15 is 0 Å². The van der Waals surface area contributed by atoms with Crippen LogP contribution in [-0.2, 0) is 0 Å². The highest BCUT2D eigenvalue weighted by atomic mass is 35.5. The third-order valence-electron chi connectivity index (χ3n) is 3.65. The van der Waals surface area contributed by atoms with Crippen molar-refractivity contribution in [1.82, 2.24) is 29.7 Å². The Labute approximate surface area is 162 Å². The normalized spacial score (nSPS) is 10.7. The Morgan fingerprint density at radius 2 is 2.07 bits per heavy atom. The molecule has 0 saturated heterocycles. The summed E-state index contributed by atoms with van der Waals surface area (Å²) in [6.45, 7) is 1.78. The molecule has 1 amide bonds. The van der Waals surface area contributed by atoms with E-state index in [2.05, 4.69) is 30.4 Å². The fourth-order valence-corrected chi connectivity index (χ4v) is 3.68. The molecule has 27 heavy (non-hydrogen) atoms. The fourth-order valence-electron chi connectivity index (χ4n) is 2.40. The summed E-state index contributed by atoms with van der Waals surface area (Å²) in [6.07, 6.45) is 4.26. The molecule has 0 aliphatic carbocycles. The lowest BCUT2D eigenvalue weighted by molar-refractivity contribution is 0.102. The number of carbonyl (C=O) groups is 1. The number of rotatable bonds is 4. The van der Waals surface area contributed by atoms with Crippen LogP contribution in [0, 0.1) is 6.92 Å². The second-order valence-corrected chi connectivity index (χ2v) is 6.88. The van der Waals surface area contributed by atoms with E-state index in [-0.39, 0.29) is 5.91 Å². The van der Waals surface area contributed by atoms with Gasteiger partial charge in [0.15, 0.2) is 5.82 Å². The average Bonchev–Trinajstić information content (AvgIpc) is 3.32. The summed E-state index contributed by atoms with van der Waals surface area (Å²) in [5.74, 6) is 0.551. The summed E-state index contributed by atoms with van der Waals surface area (Å²) in [4.78, 5) is 29.7. The van der Waals surface area contributed by atoms with Crippen LogP contribution >= 0.6 is 22.9 Å². The number of anilines is 1. The van der Waals surface area contributed by atoms with E-state index in [0.717, 1.165) is 5.56 Å². The molecule has 4 rings (SSSR count). The minimum Gasteiger partial charge on any atom is -0.306 e. The number of thiazole rings is 1. The van der Waals surface area contributed by atoms with Gasteiger partial charge in [0.2, 0.25) is 0 Å². The van der Waals surface area contributed by atoms with Crippen molar-refractivity contribution in [3.8, 4) is 16.4 Å². The van der Waals surface area contributed by atoms with E-state index in [1.807, 2.05) is 18.2 Å². The molecule has 0 bridgehead atoms. The predicted octanol–water partition coefficient (Wildman–Crippen LogP) is 3.39. The molecule has 1 aromatic carbocycles. The molecule has 10 heteroatoms. The van der Waals surface area contributed by atoms with Crippen molar-refractivity contribution in [3.05, 3.63) is 64.9 Å². The van der Waals surface area contributed by atoms with Gasteiger partial charge in [-0.25, -0.2) is 24.6 Å². The largest absolute Gasteiger partial charge is 0.306 e. The molecule has 134 valence electrons. The first kappa shape index (κ1) is 17.3. The molecule has 0 aliphatic heterocycles. The summed E-state index contributed by atoms with van der Waals surface area (Å²) in [5, 5.41) is 8.05. The molecule has 0 radical (unpaired) electrons. The van der Waals surface area contributed by atoms with Crippen LogP contribution in [-0.4, -0.2) is 35.6 Å². The molecule has 0 atom stereocenters. The van der Waals surface area contributed by atoms with Crippen LogP contribution in [0.3, 0.4) is 0 Å².